The van der Waals surface area contributed by atoms with E-state index in [2.05, 4.69) is 146 Å². The van der Waals surface area contributed by atoms with Gasteiger partial charge < -0.3 is 11.1 Å². The zero-order valence-electron chi connectivity index (χ0n) is 27.8. The zero-order valence-corrected chi connectivity index (χ0v) is 27.8. The summed E-state index contributed by atoms with van der Waals surface area (Å²) >= 11 is 0. The highest BCUT2D eigenvalue weighted by atomic mass is 14.9. The summed E-state index contributed by atoms with van der Waals surface area (Å²) in [6, 6.07) is 33.0. The van der Waals surface area contributed by atoms with Crippen molar-refractivity contribution in [2.24, 2.45) is 5.73 Å². The molecule has 4 aromatic rings. The third kappa shape index (κ3) is 5.79. The van der Waals surface area contributed by atoms with Crippen molar-refractivity contribution in [2.75, 3.05) is 11.9 Å². The van der Waals surface area contributed by atoms with Crippen LogP contribution in [0.15, 0.2) is 84.9 Å². The maximum atomic E-state index is 6.60. The van der Waals surface area contributed by atoms with Gasteiger partial charge in [-0.3, -0.25) is 0 Å². The van der Waals surface area contributed by atoms with E-state index in [1.54, 1.807) is 0 Å². The predicted octanol–water partition coefficient (Wildman–Crippen LogP) is 10.7. The number of fused-ring (bicyclic) bond motifs is 3. The van der Waals surface area contributed by atoms with Crippen LogP contribution in [0, 0.1) is 0 Å². The Labute approximate surface area is 261 Å². The van der Waals surface area contributed by atoms with E-state index in [0.29, 0.717) is 0 Å². The molecule has 2 heteroatoms. The Bertz CT molecular complexity index is 1480. The number of rotatable bonds is 9. The molecule has 0 spiro atoms. The van der Waals surface area contributed by atoms with Crippen LogP contribution in [-0.2, 0) is 16.2 Å². The summed E-state index contributed by atoms with van der Waals surface area (Å²) in [6.07, 6.45) is 4.43. The number of benzene rings is 4. The van der Waals surface area contributed by atoms with E-state index in [4.69, 9.17) is 5.73 Å². The Morgan fingerprint density at radius 1 is 0.651 bits per heavy atom. The number of unbranched alkanes of at least 4 members (excludes halogenated alkanes) is 1. The molecule has 0 radical (unpaired) electrons. The highest BCUT2D eigenvalue weighted by Crippen LogP contribution is 2.57. The molecule has 5 rings (SSSR count). The van der Waals surface area contributed by atoms with Gasteiger partial charge >= 0.3 is 0 Å². The zero-order chi connectivity index (χ0) is 31.0. The number of nitrogens with one attached hydrogen (secondary N) is 1. The van der Waals surface area contributed by atoms with Crippen LogP contribution >= 0.6 is 0 Å². The van der Waals surface area contributed by atoms with Crippen LogP contribution in [-0.4, -0.2) is 6.54 Å². The van der Waals surface area contributed by atoms with Gasteiger partial charge in [0, 0.05) is 18.3 Å². The van der Waals surface area contributed by atoms with Gasteiger partial charge in [-0.25, -0.2) is 0 Å². The minimum absolute atomic E-state index is 0.0376. The number of anilines is 1. The van der Waals surface area contributed by atoms with Gasteiger partial charge in [0.2, 0.25) is 0 Å². The van der Waals surface area contributed by atoms with Crippen LogP contribution in [0.1, 0.15) is 126 Å². The van der Waals surface area contributed by atoms with Crippen molar-refractivity contribution in [2.45, 2.75) is 103 Å². The second-order valence-electron chi connectivity index (χ2n) is 14.6. The van der Waals surface area contributed by atoms with Crippen molar-refractivity contribution >= 4 is 5.69 Å². The first-order valence-corrected chi connectivity index (χ1v) is 16.4. The molecule has 3 N–H and O–H groups in total. The van der Waals surface area contributed by atoms with Gasteiger partial charge in [0.25, 0.3) is 0 Å². The van der Waals surface area contributed by atoms with Crippen molar-refractivity contribution in [3.63, 3.8) is 0 Å². The van der Waals surface area contributed by atoms with Gasteiger partial charge in [0.15, 0.2) is 0 Å². The molecule has 0 saturated carbocycles. The van der Waals surface area contributed by atoms with Crippen molar-refractivity contribution < 1.29 is 0 Å². The third-order valence-corrected chi connectivity index (χ3v) is 9.42. The molecule has 43 heavy (non-hydrogen) atoms. The van der Waals surface area contributed by atoms with Gasteiger partial charge in [-0.15, -0.1) is 0 Å². The fraction of sp³-hybridized carbons (Fsp3) is 0.415. The lowest BCUT2D eigenvalue weighted by atomic mass is 9.66. The molecule has 1 aliphatic carbocycles. The fourth-order valence-electron chi connectivity index (χ4n) is 6.75. The van der Waals surface area contributed by atoms with Crippen molar-refractivity contribution in [1.82, 2.24) is 0 Å². The van der Waals surface area contributed by atoms with Crippen LogP contribution in [0.4, 0.5) is 5.69 Å². The van der Waals surface area contributed by atoms with E-state index in [0.717, 1.165) is 19.4 Å². The fourth-order valence-corrected chi connectivity index (χ4v) is 6.75. The molecule has 0 fully saturated rings. The monoisotopic (exact) mass is 572 g/mol. The molecule has 0 bridgehead atoms. The summed E-state index contributed by atoms with van der Waals surface area (Å²) in [5.74, 6) is 0. The maximum Gasteiger partial charge on any atom is 0.0713 e. The molecule has 1 unspecified atom stereocenters. The van der Waals surface area contributed by atoms with Crippen molar-refractivity contribution in [3.05, 3.63) is 124 Å². The van der Waals surface area contributed by atoms with Crippen LogP contribution in [0.5, 0.6) is 0 Å². The van der Waals surface area contributed by atoms with E-state index in [1.165, 1.54) is 68.6 Å². The molecule has 4 aromatic carbocycles. The Balaban J connectivity index is 1.82. The molecule has 0 aliphatic heterocycles. The molecular formula is C41H52N2. The van der Waals surface area contributed by atoms with E-state index in [1.807, 2.05) is 0 Å². The normalized spacial score (nSPS) is 14.7. The molecule has 2 nitrogen and oxygen atoms in total. The quantitative estimate of drug-likeness (QED) is 0.172. The van der Waals surface area contributed by atoms with Gasteiger partial charge in [-0.1, -0.05) is 141 Å². The first kappa shape index (κ1) is 31.1. The summed E-state index contributed by atoms with van der Waals surface area (Å²) in [6.45, 7) is 19.3. The summed E-state index contributed by atoms with van der Waals surface area (Å²) in [4.78, 5) is 0. The van der Waals surface area contributed by atoms with E-state index >= 15 is 0 Å². The Kier molecular flexibility index (Phi) is 8.65. The van der Waals surface area contributed by atoms with Crippen LogP contribution in [0.25, 0.3) is 11.1 Å². The van der Waals surface area contributed by atoms with Crippen molar-refractivity contribution in [3.8, 4) is 11.1 Å². The first-order valence-electron chi connectivity index (χ1n) is 16.4. The van der Waals surface area contributed by atoms with Gasteiger partial charge in [-0.05, 0) is 85.9 Å². The Hall–Kier alpha value is -3.36. The Morgan fingerprint density at radius 2 is 1.14 bits per heavy atom. The molecule has 1 atom stereocenters. The first-order chi connectivity index (χ1) is 20.4. The van der Waals surface area contributed by atoms with Crippen LogP contribution in [0.2, 0.25) is 0 Å². The molecule has 0 saturated heterocycles. The van der Waals surface area contributed by atoms with E-state index in [-0.39, 0.29) is 16.9 Å². The standard InChI is InChI=1S/C41H52N2/c1-9-11-25-43-33-21-17-30(18-22-33)41(29-15-13-28(14-16-29)38(42)12-10-2)36-26-31(39(3,4)5)19-23-34(36)35-24-20-32(27-37(35)41)40(6,7)8/h13-24,26-27,38,43H,9-12,25,42H2,1-8H3. The van der Waals surface area contributed by atoms with Gasteiger partial charge in [0.1, 0.15) is 0 Å². The number of nitrogens with two attached hydrogens (primary N) is 1. The summed E-state index contributed by atoms with van der Waals surface area (Å²) < 4.78 is 0. The van der Waals surface area contributed by atoms with Crippen molar-refractivity contribution in [1.29, 1.82) is 0 Å². The van der Waals surface area contributed by atoms with Gasteiger partial charge in [0.05, 0.1) is 5.41 Å². The highest BCUT2D eigenvalue weighted by molar-refractivity contribution is 5.87. The average Bonchev–Trinajstić information content (AvgIpc) is 3.27. The smallest absolute Gasteiger partial charge is 0.0713 e. The van der Waals surface area contributed by atoms with E-state index < -0.39 is 5.41 Å². The largest absolute Gasteiger partial charge is 0.385 e. The maximum absolute atomic E-state index is 6.60. The molecular weight excluding hydrogens is 520 g/mol. The molecule has 1 aliphatic rings. The summed E-state index contributed by atoms with van der Waals surface area (Å²) in [5, 5.41) is 3.63. The number of hydrogen-bond acceptors (Lipinski definition) is 2. The third-order valence-electron chi connectivity index (χ3n) is 9.42. The molecule has 0 heterocycles. The minimum atomic E-state index is -0.442. The van der Waals surface area contributed by atoms with E-state index in [9.17, 15) is 0 Å². The molecule has 0 amide bonds. The predicted molar refractivity (Wildman–Crippen MR) is 186 cm³/mol. The average molecular weight is 573 g/mol. The molecule has 226 valence electrons. The lowest BCUT2D eigenvalue weighted by molar-refractivity contribution is 0.586. The number of hydrogen-bond donors (Lipinski definition) is 2. The second-order valence-corrected chi connectivity index (χ2v) is 14.6. The van der Waals surface area contributed by atoms with Gasteiger partial charge in [-0.2, -0.15) is 0 Å². The summed E-state index contributed by atoms with van der Waals surface area (Å²) in [7, 11) is 0. The SMILES string of the molecule is CCCCNc1ccc(C2(c3ccc(C(N)CCC)cc3)c3cc(C(C)(C)C)ccc3-c3ccc(C(C)(C)C)cc32)cc1. The molecule has 0 aromatic heterocycles. The van der Waals surface area contributed by atoms with Crippen LogP contribution in [0.3, 0.4) is 0 Å². The topological polar surface area (TPSA) is 38.0 Å². The minimum Gasteiger partial charge on any atom is -0.385 e. The summed E-state index contributed by atoms with van der Waals surface area (Å²) in [5.41, 5.74) is 19.4. The second kappa shape index (κ2) is 12.0. The van der Waals surface area contributed by atoms with Crippen LogP contribution < -0.4 is 11.1 Å². The highest BCUT2D eigenvalue weighted by Gasteiger charge is 2.47. The lowest BCUT2D eigenvalue weighted by Crippen LogP contribution is -2.30. The lowest BCUT2D eigenvalue weighted by Gasteiger charge is -2.36. The Morgan fingerprint density at radius 3 is 1.58 bits per heavy atom.